The highest BCUT2D eigenvalue weighted by Crippen LogP contribution is 2.20. The Morgan fingerprint density at radius 3 is 2.62 bits per heavy atom. The van der Waals surface area contributed by atoms with E-state index in [-0.39, 0.29) is 6.03 Å². The van der Waals surface area contributed by atoms with Crippen molar-refractivity contribution in [1.29, 1.82) is 0 Å². The number of hydrogen-bond donors (Lipinski definition) is 1. The summed E-state index contributed by atoms with van der Waals surface area (Å²) in [7, 11) is 1.93. The lowest BCUT2D eigenvalue weighted by atomic mass is 9.97. The third-order valence-corrected chi connectivity index (χ3v) is 3.96. The van der Waals surface area contributed by atoms with E-state index in [2.05, 4.69) is 12.2 Å². The highest BCUT2D eigenvalue weighted by molar-refractivity contribution is 5.76. The molecule has 2 amide bonds. The highest BCUT2D eigenvalue weighted by atomic mass is 16.2. The molecule has 4 heteroatoms. The number of amides is 2. The Balaban J connectivity index is 1.87. The molecule has 2 aliphatic heterocycles. The van der Waals surface area contributed by atoms with E-state index in [9.17, 15) is 4.79 Å². The van der Waals surface area contributed by atoms with E-state index in [1.165, 1.54) is 12.8 Å². The Bertz CT molecular complexity index is 251. The Morgan fingerprint density at radius 2 is 2.06 bits per heavy atom. The van der Waals surface area contributed by atoms with Gasteiger partial charge in [-0.2, -0.15) is 0 Å². The van der Waals surface area contributed by atoms with Crippen LogP contribution in [0.25, 0.3) is 0 Å². The zero-order valence-electron chi connectivity index (χ0n) is 10.4. The van der Waals surface area contributed by atoms with E-state index in [0.29, 0.717) is 12.0 Å². The molecule has 1 unspecified atom stereocenters. The molecule has 0 aliphatic carbocycles. The van der Waals surface area contributed by atoms with E-state index in [1.54, 1.807) is 0 Å². The van der Waals surface area contributed by atoms with Gasteiger partial charge in [-0.15, -0.1) is 0 Å². The maximum absolute atomic E-state index is 12.0. The van der Waals surface area contributed by atoms with Crippen molar-refractivity contribution in [2.75, 3.05) is 33.2 Å². The van der Waals surface area contributed by atoms with Crippen LogP contribution < -0.4 is 5.32 Å². The first-order valence-corrected chi connectivity index (χ1v) is 6.44. The van der Waals surface area contributed by atoms with Crippen LogP contribution >= 0.6 is 0 Å². The summed E-state index contributed by atoms with van der Waals surface area (Å²) in [5.74, 6) is 0.703. The number of carbonyl (C=O) groups excluding carboxylic acids is 1. The molecular weight excluding hydrogens is 202 g/mol. The molecule has 16 heavy (non-hydrogen) atoms. The predicted molar refractivity (Wildman–Crippen MR) is 64.4 cm³/mol. The number of likely N-dealkylation sites (N-methyl/N-ethyl adjacent to an activating group) is 1. The zero-order valence-corrected chi connectivity index (χ0v) is 10.4. The molecule has 1 atom stereocenters. The minimum Gasteiger partial charge on any atom is -0.323 e. The summed E-state index contributed by atoms with van der Waals surface area (Å²) in [4.78, 5) is 15.9. The van der Waals surface area contributed by atoms with Crippen LogP contribution in [0.4, 0.5) is 4.79 Å². The van der Waals surface area contributed by atoms with Gasteiger partial charge in [0.15, 0.2) is 0 Å². The standard InChI is InChI=1S/C12H23N3O/c1-3-11-9-15(12(16)14(11)2)8-10-4-6-13-7-5-10/h10-11,13H,3-9H2,1-2H3. The van der Waals surface area contributed by atoms with Gasteiger partial charge in [0.25, 0.3) is 0 Å². The van der Waals surface area contributed by atoms with E-state index < -0.39 is 0 Å². The first kappa shape index (κ1) is 11.7. The third-order valence-electron chi connectivity index (χ3n) is 3.96. The number of nitrogens with one attached hydrogen (secondary N) is 1. The van der Waals surface area contributed by atoms with Crippen molar-refractivity contribution in [3.05, 3.63) is 0 Å². The SMILES string of the molecule is CCC1CN(CC2CCNCC2)C(=O)N1C. The molecule has 2 aliphatic rings. The summed E-state index contributed by atoms with van der Waals surface area (Å²) >= 11 is 0. The van der Waals surface area contributed by atoms with Crippen molar-refractivity contribution in [3.63, 3.8) is 0 Å². The molecule has 0 aromatic heterocycles. The van der Waals surface area contributed by atoms with Gasteiger partial charge in [0.1, 0.15) is 0 Å². The number of nitrogens with zero attached hydrogens (tertiary/aromatic N) is 2. The maximum Gasteiger partial charge on any atom is 0.320 e. The minimum absolute atomic E-state index is 0.227. The van der Waals surface area contributed by atoms with E-state index in [4.69, 9.17) is 0 Å². The lowest BCUT2D eigenvalue weighted by Gasteiger charge is -2.27. The van der Waals surface area contributed by atoms with Gasteiger partial charge in [0, 0.05) is 20.1 Å². The number of carbonyl (C=O) groups is 1. The highest BCUT2D eigenvalue weighted by Gasteiger charge is 2.34. The first-order chi connectivity index (χ1) is 7.72. The third kappa shape index (κ3) is 2.32. The molecule has 0 saturated carbocycles. The van der Waals surface area contributed by atoms with Crippen LogP contribution in [-0.2, 0) is 0 Å². The van der Waals surface area contributed by atoms with Crippen LogP contribution in [0.3, 0.4) is 0 Å². The van der Waals surface area contributed by atoms with Crippen molar-refractivity contribution in [2.45, 2.75) is 32.2 Å². The Labute approximate surface area is 98.0 Å². The molecular formula is C12H23N3O. The summed E-state index contributed by atoms with van der Waals surface area (Å²) in [5, 5.41) is 3.37. The fraction of sp³-hybridized carbons (Fsp3) is 0.917. The Hall–Kier alpha value is -0.770. The monoisotopic (exact) mass is 225 g/mol. The van der Waals surface area contributed by atoms with Crippen LogP contribution in [0.15, 0.2) is 0 Å². The molecule has 0 aromatic carbocycles. The van der Waals surface area contributed by atoms with Crippen molar-refractivity contribution in [2.24, 2.45) is 5.92 Å². The summed E-state index contributed by atoms with van der Waals surface area (Å²) in [6.45, 7) is 6.26. The quantitative estimate of drug-likeness (QED) is 0.781. The second kappa shape index (κ2) is 5.04. The number of urea groups is 1. The molecule has 4 nitrogen and oxygen atoms in total. The molecule has 0 spiro atoms. The lowest BCUT2D eigenvalue weighted by molar-refractivity contribution is 0.184. The maximum atomic E-state index is 12.0. The molecule has 2 heterocycles. The van der Waals surface area contributed by atoms with Crippen molar-refractivity contribution in [3.8, 4) is 0 Å². The predicted octanol–water partition coefficient (Wildman–Crippen LogP) is 1.13. The van der Waals surface area contributed by atoms with Crippen LogP contribution in [0.1, 0.15) is 26.2 Å². The second-order valence-corrected chi connectivity index (χ2v) is 5.05. The van der Waals surface area contributed by atoms with Crippen LogP contribution in [0.5, 0.6) is 0 Å². The number of piperidine rings is 1. The molecule has 0 radical (unpaired) electrons. The second-order valence-electron chi connectivity index (χ2n) is 5.05. The minimum atomic E-state index is 0.227. The smallest absolute Gasteiger partial charge is 0.320 e. The normalized spacial score (nSPS) is 27.9. The average molecular weight is 225 g/mol. The summed E-state index contributed by atoms with van der Waals surface area (Å²) in [5.41, 5.74) is 0. The van der Waals surface area contributed by atoms with Crippen LogP contribution in [0, 0.1) is 5.92 Å². The molecule has 92 valence electrons. The number of hydrogen-bond acceptors (Lipinski definition) is 2. The topological polar surface area (TPSA) is 35.6 Å². The summed E-state index contributed by atoms with van der Waals surface area (Å²) < 4.78 is 0. The molecule has 2 rings (SSSR count). The first-order valence-electron chi connectivity index (χ1n) is 6.44. The van der Waals surface area contributed by atoms with E-state index >= 15 is 0 Å². The average Bonchev–Trinajstić information content (AvgIpc) is 2.58. The van der Waals surface area contributed by atoms with Gasteiger partial charge >= 0.3 is 6.03 Å². The van der Waals surface area contributed by atoms with Gasteiger partial charge in [-0.3, -0.25) is 0 Å². The van der Waals surface area contributed by atoms with E-state index in [0.717, 1.165) is 32.6 Å². The fourth-order valence-corrected chi connectivity index (χ4v) is 2.77. The van der Waals surface area contributed by atoms with Crippen molar-refractivity contribution in [1.82, 2.24) is 15.1 Å². The van der Waals surface area contributed by atoms with Gasteiger partial charge in [0.2, 0.25) is 0 Å². The number of rotatable bonds is 3. The zero-order chi connectivity index (χ0) is 11.5. The molecule has 0 bridgehead atoms. The van der Waals surface area contributed by atoms with Gasteiger partial charge in [-0.25, -0.2) is 4.79 Å². The molecule has 2 fully saturated rings. The van der Waals surface area contributed by atoms with Gasteiger partial charge in [-0.1, -0.05) is 6.92 Å². The summed E-state index contributed by atoms with van der Waals surface area (Å²) in [6.07, 6.45) is 3.49. The van der Waals surface area contributed by atoms with Crippen molar-refractivity contribution >= 4 is 6.03 Å². The summed E-state index contributed by atoms with van der Waals surface area (Å²) in [6, 6.07) is 0.652. The van der Waals surface area contributed by atoms with Gasteiger partial charge in [-0.05, 0) is 38.3 Å². The van der Waals surface area contributed by atoms with Crippen LogP contribution in [-0.4, -0.2) is 55.1 Å². The van der Waals surface area contributed by atoms with Crippen LogP contribution in [0.2, 0.25) is 0 Å². The van der Waals surface area contributed by atoms with Gasteiger partial charge in [0.05, 0.1) is 6.04 Å². The molecule has 2 saturated heterocycles. The molecule has 0 aromatic rings. The Kier molecular flexibility index (Phi) is 3.69. The lowest BCUT2D eigenvalue weighted by Crippen LogP contribution is -2.38. The fourth-order valence-electron chi connectivity index (χ4n) is 2.77. The van der Waals surface area contributed by atoms with Crippen molar-refractivity contribution < 1.29 is 4.79 Å². The molecule has 1 N–H and O–H groups in total. The Morgan fingerprint density at radius 1 is 1.38 bits per heavy atom. The largest absolute Gasteiger partial charge is 0.323 e. The van der Waals surface area contributed by atoms with Gasteiger partial charge < -0.3 is 15.1 Å². The van der Waals surface area contributed by atoms with E-state index in [1.807, 2.05) is 16.8 Å².